The zero-order valence-electron chi connectivity index (χ0n) is 13.6. The SMILES string of the molecule is Cl.Cl.Oc1c([C@H](C2CCCCC2)N2CCNCC2)ccc(Cl)c1Cl. The van der Waals surface area contributed by atoms with Crippen molar-refractivity contribution in [3.8, 4) is 5.75 Å². The molecular weight excluding hydrogens is 390 g/mol. The summed E-state index contributed by atoms with van der Waals surface area (Å²) in [7, 11) is 0. The van der Waals surface area contributed by atoms with Crippen LogP contribution in [0.2, 0.25) is 10.0 Å². The largest absolute Gasteiger partial charge is 0.506 e. The molecule has 2 aliphatic rings. The van der Waals surface area contributed by atoms with Crippen molar-refractivity contribution >= 4 is 48.0 Å². The van der Waals surface area contributed by atoms with E-state index < -0.39 is 0 Å². The van der Waals surface area contributed by atoms with Crippen molar-refractivity contribution in [3.05, 3.63) is 27.7 Å². The molecule has 1 aromatic carbocycles. The zero-order valence-corrected chi connectivity index (χ0v) is 16.8. The third-order valence-electron chi connectivity index (χ3n) is 5.06. The molecule has 1 saturated carbocycles. The van der Waals surface area contributed by atoms with Gasteiger partial charge in [-0.2, -0.15) is 0 Å². The highest BCUT2D eigenvalue weighted by atomic mass is 35.5. The van der Waals surface area contributed by atoms with E-state index in [4.69, 9.17) is 23.2 Å². The average molecular weight is 416 g/mol. The van der Waals surface area contributed by atoms with E-state index in [0.29, 0.717) is 10.9 Å². The number of hydrogen-bond donors (Lipinski definition) is 2. The van der Waals surface area contributed by atoms with Gasteiger partial charge in [-0.15, -0.1) is 24.8 Å². The molecule has 7 heteroatoms. The van der Waals surface area contributed by atoms with Crippen molar-refractivity contribution in [2.24, 2.45) is 5.92 Å². The molecule has 0 amide bonds. The lowest BCUT2D eigenvalue weighted by molar-refractivity contribution is 0.101. The van der Waals surface area contributed by atoms with Gasteiger partial charge in [-0.1, -0.05) is 48.5 Å². The van der Waals surface area contributed by atoms with Gasteiger partial charge in [0.15, 0.2) is 0 Å². The summed E-state index contributed by atoms with van der Waals surface area (Å²) in [6.45, 7) is 4.04. The Hall–Kier alpha value is 0.1000. The Morgan fingerprint density at radius 1 is 1.04 bits per heavy atom. The number of phenols is 1. The van der Waals surface area contributed by atoms with Crippen molar-refractivity contribution in [2.75, 3.05) is 26.2 Å². The third-order valence-corrected chi connectivity index (χ3v) is 5.85. The summed E-state index contributed by atoms with van der Waals surface area (Å²) >= 11 is 12.2. The number of rotatable bonds is 3. The monoisotopic (exact) mass is 414 g/mol. The number of aromatic hydroxyl groups is 1. The highest BCUT2D eigenvalue weighted by molar-refractivity contribution is 6.43. The molecule has 3 rings (SSSR count). The lowest BCUT2D eigenvalue weighted by Crippen LogP contribution is -2.47. The summed E-state index contributed by atoms with van der Waals surface area (Å²) in [5, 5.41) is 14.7. The van der Waals surface area contributed by atoms with E-state index in [1.54, 1.807) is 0 Å². The third kappa shape index (κ3) is 4.84. The van der Waals surface area contributed by atoms with Crippen molar-refractivity contribution < 1.29 is 5.11 Å². The molecule has 1 heterocycles. The summed E-state index contributed by atoms with van der Waals surface area (Å²) in [6.07, 6.45) is 6.37. The predicted octanol–water partition coefficient (Wildman–Crippen LogP) is 5.07. The molecule has 138 valence electrons. The van der Waals surface area contributed by atoms with Crippen molar-refractivity contribution in [1.82, 2.24) is 10.2 Å². The fourth-order valence-electron chi connectivity index (χ4n) is 3.95. The van der Waals surface area contributed by atoms with Gasteiger partial charge in [-0.25, -0.2) is 0 Å². The Labute approximate surface area is 166 Å². The fraction of sp³-hybridized carbons (Fsp3) is 0.647. The number of nitrogens with zero attached hydrogens (tertiary/aromatic N) is 1. The van der Waals surface area contributed by atoms with Crippen LogP contribution in [0.4, 0.5) is 0 Å². The second-order valence-electron chi connectivity index (χ2n) is 6.43. The van der Waals surface area contributed by atoms with Gasteiger partial charge in [-0.3, -0.25) is 4.90 Å². The van der Waals surface area contributed by atoms with Crippen LogP contribution in [0.5, 0.6) is 5.75 Å². The Morgan fingerprint density at radius 2 is 1.67 bits per heavy atom. The lowest BCUT2D eigenvalue weighted by atomic mass is 9.80. The number of phenolic OH excluding ortho intramolecular Hbond substituents is 1. The van der Waals surface area contributed by atoms with Crippen LogP contribution in [0.1, 0.15) is 43.7 Å². The maximum atomic E-state index is 10.6. The standard InChI is InChI=1S/C17H24Cl2N2O.2ClH/c18-14-7-6-13(17(22)15(14)19)16(12-4-2-1-3-5-12)21-10-8-20-9-11-21;;/h6-7,12,16,20,22H,1-5,8-11H2;2*1H/t16-;;/m0../s1. The average Bonchev–Trinajstić information content (AvgIpc) is 2.57. The molecule has 1 saturated heterocycles. The highest BCUT2D eigenvalue weighted by Crippen LogP contribution is 2.45. The first-order valence-electron chi connectivity index (χ1n) is 8.30. The number of halogens is 4. The summed E-state index contributed by atoms with van der Waals surface area (Å²) in [5.41, 5.74) is 0.947. The van der Waals surface area contributed by atoms with Crippen LogP contribution >= 0.6 is 48.0 Å². The molecule has 1 aromatic rings. The number of nitrogens with one attached hydrogen (secondary N) is 1. The maximum Gasteiger partial charge on any atom is 0.140 e. The Bertz CT molecular complexity index is 500. The van der Waals surface area contributed by atoms with Crippen molar-refractivity contribution in [1.29, 1.82) is 0 Å². The zero-order chi connectivity index (χ0) is 15.5. The van der Waals surface area contributed by atoms with Crippen LogP contribution < -0.4 is 5.32 Å². The molecule has 1 atom stereocenters. The highest BCUT2D eigenvalue weighted by Gasteiger charge is 2.33. The molecule has 1 aliphatic heterocycles. The van der Waals surface area contributed by atoms with E-state index in [2.05, 4.69) is 10.2 Å². The summed E-state index contributed by atoms with van der Waals surface area (Å²) in [6, 6.07) is 4.03. The van der Waals surface area contributed by atoms with Gasteiger partial charge in [0.25, 0.3) is 0 Å². The van der Waals surface area contributed by atoms with E-state index in [-0.39, 0.29) is 41.6 Å². The molecule has 3 nitrogen and oxygen atoms in total. The first-order valence-corrected chi connectivity index (χ1v) is 9.05. The molecule has 2 fully saturated rings. The van der Waals surface area contributed by atoms with Gasteiger partial charge in [0.2, 0.25) is 0 Å². The molecule has 0 radical (unpaired) electrons. The summed E-state index contributed by atoms with van der Waals surface area (Å²) in [4.78, 5) is 2.51. The van der Waals surface area contributed by atoms with Crippen LogP contribution in [0.3, 0.4) is 0 Å². The first-order chi connectivity index (χ1) is 10.7. The van der Waals surface area contributed by atoms with E-state index >= 15 is 0 Å². The van der Waals surface area contributed by atoms with Gasteiger partial charge in [0, 0.05) is 37.8 Å². The van der Waals surface area contributed by atoms with Crippen LogP contribution in [0.25, 0.3) is 0 Å². The normalized spacial score (nSPS) is 20.8. The Kier molecular flexibility index (Phi) is 9.50. The molecular formula is C17H26Cl4N2O. The molecule has 0 aromatic heterocycles. The van der Waals surface area contributed by atoms with E-state index in [9.17, 15) is 5.11 Å². The maximum absolute atomic E-state index is 10.6. The van der Waals surface area contributed by atoms with Gasteiger partial charge < -0.3 is 10.4 Å². The molecule has 0 spiro atoms. The number of hydrogen-bond acceptors (Lipinski definition) is 3. The smallest absolute Gasteiger partial charge is 0.140 e. The van der Waals surface area contributed by atoms with Crippen LogP contribution in [-0.4, -0.2) is 36.2 Å². The fourth-order valence-corrected chi connectivity index (χ4v) is 4.28. The molecule has 0 unspecified atom stereocenters. The minimum absolute atomic E-state index is 0. The lowest BCUT2D eigenvalue weighted by Gasteiger charge is -2.41. The van der Waals surface area contributed by atoms with Crippen molar-refractivity contribution in [2.45, 2.75) is 38.1 Å². The minimum Gasteiger partial charge on any atom is -0.506 e. The van der Waals surface area contributed by atoms with Crippen LogP contribution in [-0.2, 0) is 0 Å². The number of benzene rings is 1. The first kappa shape index (κ1) is 22.1. The molecule has 1 aliphatic carbocycles. The second kappa shape index (κ2) is 10.3. The quantitative estimate of drug-likeness (QED) is 0.723. The minimum atomic E-state index is 0. The number of piperazine rings is 1. The van der Waals surface area contributed by atoms with Crippen LogP contribution in [0, 0.1) is 5.92 Å². The molecule has 0 bridgehead atoms. The predicted molar refractivity (Wildman–Crippen MR) is 106 cm³/mol. The molecule has 2 N–H and O–H groups in total. The summed E-state index contributed by atoms with van der Waals surface area (Å²) in [5.74, 6) is 0.762. The van der Waals surface area contributed by atoms with E-state index in [1.807, 2.05) is 12.1 Å². The van der Waals surface area contributed by atoms with Gasteiger partial charge in [0.05, 0.1) is 5.02 Å². The van der Waals surface area contributed by atoms with E-state index in [0.717, 1.165) is 31.7 Å². The topological polar surface area (TPSA) is 35.5 Å². The van der Waals surface area contributed by atoms with Gasteiger partial charge >= 0.3 is 0 Å². The van der Waals surface area contributed by atoms with Crippen LogP contribution in [0.15, 0.2) is 12.1 Å². The van der Waals surface area contributed by atoms with E-state index in [1.165, 1.54) is 32.1 Å². The van der Waals surface area contributed by atoms with Gasteiger partial charge in [0.1, 0.15) is 10.8 Å². The Balaban J connectivity index is 0.00000144. The van der Waals surface area contributed by atoms with Gasteiger partial charge in [-0.05, 0) is 24.8 Å². The van der Waals surface area contributed by atoms with Crippen molar-refractivity contribution in [3.63, 3.8) is 0 Å². The second-order valence-corrected chi connectivity index (χ2v) is 7.21. The summed E-state index contributed by atoms with van der Waals surface area (Å²) < 4.78 is 0. The Morgan fingerprint density at radius 3 is 2.29 bits per heavy atom. The molecule has 24 heavy (non-hydrogen) atoms.